The van der Waals surface area contributed by atoms with Gasteiger partial charge in [-0.3, -0.25) is 4.79 Å². The van der Waals surface area contributed by atoms with Crippen LogP contribution in [0.1, 0.15) is 38.7 Å². The quantitative estimate of drug-likeness (QED) is 0.903. The van der Waals surface area contributed by atoms with Gasteiger partial charge in [-0.05, 0) is 36.0 Å². The van der Waals surface area contributed by atoms with E-state index in [1.165, 1.54) is 4.31 Å². The van der Waals surface area contributed by atoms with Crippen molar-refractivity contribution in [1.29, 1.82) is 0 Å². The Hall–Kier alpha value is -1.40. The van der Waals surface area contributed by atoms with Crippen LogP contribution in [0, 0.1) is 11.8 Å². The average molecular weight is 325 g/mol. The summed E-state index contributed by atoms with van der Waals surface area (Å²) in [5.41, 5.74) is 1.11. The van der Waals surface area contributed by atoms with Gasteiger partial charge in [0.25, 0.3) is 0 Å². The number of aliphatic carboxylic acids is 1. The van der Waals surface area contributed by atoms with Crippen molar-refractivity contribution in [2.45, 2.75) is 38.0 Å². The normalized spacial score (nSPS) is 24.3. The summed E-state index contributed by atoms with van der Waals surface area (Å²) < 4.78 is 26.6. The molecule has 0 bridgehead atoms. The van der Waals surface area contributed by atoms with E-state index in [0.717, 1.165) is 12.0 Å². The Morgan fingerprint density at radius 3 is 2.36 bits per heavy atom. The van der Waals surface area contributed by atoms with Gasteiger partial charge in [-0.2, -0.15) is 4.31 Å². The lowest BCUT2D eigenvalue weighted by molar-refractivity contribution is -0.142. The summed E-state index contributed by atoms with van der Waals surface area (Å²) in [7, 11) is -3.62. The summed E-state index contributed by atoms with van der Waals surface area (Å²) in [6.07, 6.45) is 0.996. The summed E-state index contributed by atoms with van der Waals surface area (Å²) in [6, 6.07) is 6.93. The Morgan fingerprint density at radius 2 is 1.91 bits per heavy atom. The lowest BCUT2D eigenvalue weighted by Crippen LogP contribution is -2.30. The molecule has 1 heterocycles. The Labute approximate surface area is 132 Å². The third-order valence-electron chi connectivity index (χ3n) is 4.60. The van der Waals surface area contributed by atoms with Gasteiger partial charge in [-0.25, -0.2) is 8.42 Å². The number of carbonyl (C=O) groups is 1. The maximum Gasteiger partial charge on any atom is 0.308 e. The van der Waals surface area contributed by atoms with Crippen LogP contribution in [-0.2, 0) is 14.8 Å². The third kappa shape index (κ3) is 3.17. The molecule has 122 valence electrons. The molecule has 1 saturated heterocycles. The standard InChI is InChI=1S/C16H23NO4S/c1-4-11(2)13-5-7-14(8-6-13)22(20,21)17-9-12(3)15(10-17)16(18)19/h5-8,11-12,15H,4,9-10H2,1-3H3,(H,18,19)/t11?,12-,15-/m1/s1. The average Bonchev–Trinajstić information content (AvgIpc) is 2.89. The molecule has 0 radical (unpaired) electrons. The summed E-state index contributed by atoms with van der Waals surface area (Å²) in [6.45, 7) is 6.27. The van der Waals surface area contributed by atoms with Gasteiger partial charge in [-0.1, -0.05) is 32.9 Å². The molecule has 2 rings (SSSR count). The van der Waals surface area contributed by atoms with Gasteiger partial charge in [0.2, 0.25) is 10.0 Å². The first-order chi connectivity index (χ1) is 10.3. The van der Waals surface area contributed by atoms with Crippen LogP contribution in [0.5, 0.6) is 0 Å². The Bertz CT molecular complexity index is 639. The third-order valence-corrected chi connectivity index (χ3v) is 6.44. The molecule has 0 saturated carbocycles. The highest BCUT2D eigenvalue weighted by Crippen LogP contribution is 2.29. The van der Waals surface area contributed by atoms with Crippen molar-refractivity contribution >= 4 is 16.0 Å². The van der Waals surface area contributed by atoms with Crippen LogP contribution < -0.4 is 0 Å². The molecule has 0 aliphatic carbocycles. The molecule has 1 unspecified atom stereocenters. The van der Waals surface area contributed by atoms with Crippen LogP contribution in [0.2, 0.25) is 0 Å². The summed E-state index contributed by atoms with van der Waals surface area (Å²) >= 11 is 0. The van der Waals surface area contributed by atoms with E-state index < -0.39 is 21.9 Å². The minimum Gasteiger partial charge on any atom is -0.481 e. The minimum atomic E-state index is -3.62. The van der Waals surface area contributed by atoms with Crippen molar-refractivity contribution in [3.8, 4) is 0 Å². The van der Waals surface area contributed by atoms with Gasteiger partial charge in [0.05, 0.1) is 10.8 Å². The van der Waals surface area contributed by atoms with Gasteiger partial charge < -0.3 is 5.11 Å². The Balaban J connectivity index is 2.22. The number of carboxylic acids is 1. The molecule has 0 aromatic heterocycles. The van der Waals surface area contributed by atoms with Crippen LogP contribution in [0.4, 0.5) is 0 Å². The summed E-state index contributed by atoms with van der Waals surface area (Å²) in [5, 5.41) is 9.14. The molecule has 1 aromatic carbocycles. The molecular weight excluding hydrogens is 302 g/mol. The van der Waals surface area contributed by atoms with Gasteiger partial charge in [-0.15, -0.1) is 0 Å². The highest BCUT2D eigenvalue weighted by atomic mass is 32.2. The van der Waals surface area contributed by atoms with E-state index in [9.17, 15) is 13.2 Å². The van der Waals surface area contributed by atoms with Crippen LogP contribution in [0.25, 0.3) is 0 Å². The molecule has 1 aliphatic rings. The lowest BCUT2D eigenvalue weighted by Gasteiger charge is -2.17. The molecule has 3 atom stereocenters. The van der Waals surface area contributed by atoms with E-state index in [4.69, 9.17) is 5.11 Å². The number of sulfonamides is 1. The Kier molecular flexibility index (Phi) is 4.92. The molecule has 1 aromatic rings. The van der Waals surface area contributed by atoms with Crippen molar-refractivity contribution in [1.82, 2.24) is 4.31 Å². The second-order valence-electron chi connectivity index (χ2n) is 6.12. The lowest BCUT2D eigenvalue weighted by atomic mass is 9.99. The fraction of sp³-hybridized carbons (Fsp3) is 0.562. The van der Waals surface area contributed by atoms with E-state index in [2.05, 4.69) is 13.8 Å². The zero-order valence-corrected chi connectivity index (χ0v) is 14.0. The molecule has 1 fully saturated rings. The molecule has 1 aliphatic heterocycles. The second kappa shape index (κ2) is 6.38. The van der Waals surface area contributed by atoms with Crippen molar-refractivity contribution < 1.29 is 18.3 Å². The van der Waals surface area contributed by atoms with Crippen molar-refractivity contribution in [2.75, 3.05) is 13.1 Å². The topological polar surface area (TPSA) is 74.7 Å². The number of rotatable bonds is 5. The second-order valence-corrected chi connectivity index (χ2v) is 8.06. The zero-order valence-electron chi connectivity index (χ0n) is 13.2. The van der Waals surface area contributed by atoms with E-state index in [-0.39, 0.29) is 23.9 Å². The highest BCUT2D eigenvalue weighted by molar-refractivity contribution is 7.89. The molecule has 0 spiro atoms. The predicted molar refractivity (Wildman–Crippen MR) is 84.2 cm³/mol. The molecule has 0 amide bonds. The van der Waals surface area contributed by atoms with E-state index in [1.54, 1.807) is 19.1 Å². The maximum atomic E-state index is 12.6. The first-order valence-corrected chi connectivity index (χ1v) is 9.04. The summed E-state index contributed by atoms with van der Waals surface area (Å²) in [4.78, 5) is 11.4. The number of hydrogen-bond acceptors (Lipinski definition) is 3. The highest BCUT2D eigenvalue weighted by Gasteiger charge is 2.40. The largest absolute Gasteiger partial charge is 0.481 e. The van der Waals surface area contributed by atoms with E-state index in [1.807, 2.05) is 12.1 Å². The van der Waals surface area contributed by atoms with Crippen molar-refractivity contribution in [3.05, 3.63) is 29.8 Å². The van der Waals surface area contributed by atoms with Crippen LogP contribution in [-0.4, -0.2) is 36.9 Å². The van der Waals surface area contributed by atoms with Gasteiger partial charge >= 0.3 is 5.97 Å². The first-order valence-electron chi connectivity index (χ1n) is 7.60. The predicted octanol–water partition coefficient (Wildman–Crippen LogP) is 2.54. The van der Waals surface area contributed by atoms with Crippen LogP contribution in [0.15, 0.2) is 29.2 Å². The minimum absolute atomic E-state index is 0.0476. The maximum absolute atomic E-state index is 12.6. The number of hydrogen-bond donors (Lipinski definition) is 1. The fourth-order valence-electron chi connectivity index (χ4n) is 2.79. The monoisotopic (exact) mass is 325 g/mol. The molecular formula is C16H23NO4S. The van der Waals surface area contributed by atoms with Crippen LogP contribution in [0.3, 0.4) is 0 Å². The number of carboxylic acid groups (broad SMARTS) is 1. The molecule has 1 N–H and O–H groups in total. The van der Waals surface area contributed by atoms with Crippen molar-refractivity contribution in [3.63, 3.8) is 0 Å². The van der Waals surface area contributed by atoms with Gasteiger partial charge in [0, 0.05) is 13.1 Å². The number of benzene rings is 1. The number of nitrogens with zero attached hydrogens (tertiary/aromatic N) is 1. The van der Waals surface area contributed by atoms with Gasteiger partial charge in [0.15, 0.2) is 0 Å². The van der Waals surface area contributed by atoms with Crippen LogP contribution >= 0.6 is 0 Å². The van der Waals surface area contributed by atoms with E-state index >= 15 is 0 Å². The van der Waals surface area contributed by atoms with Crippen molar-refractivity contribution in [2.24, 2.45) is 11.8 Å². The van der Waals surface area contributed by atoms with E-state index in [0.29, 0.717) is 5.92 Å². The Morgan fingerprint density at radius 1 is 1.32 bits per heavy atom. The first kappa shape index (κ1) is 17.0. The molecule has 22 heavy (non-hydrogen) atoms. The smallest absolute Gasteiger partial charge is 0.308 e. The SMILES string of the molecule is CCC(C)c1ccc(S(=O)(=O)N2C[C@@H](C)[C@H](C(=O)O)C2)cc1. The van der Waals surface area contributed by atoms with Gasteiger partial charge in [0.1, 0.15) is 0 Å². The molecule has 6 heteroatoms. The zero-order chi connectivity index (χ0) is 16.5. The fourth-order valence-corrected chi connectivity index (χ4v) is 4.36. The molecule has 5 nitrogen and oxygen atoms in total. The summed E-state index contributed by atoms with van der Waals surface area (Å²) in [5.74, 6) is -1.35.